The molecule has 2 rings (SSSR count). The highest BCUT2D eigenvalue weighted by Crippen LogP contribution is 2.31. The Morgan fingerprint density at radius 2 is 2.21 bits per heavy atom. The van der Waals surface area contributed by atoms with Gasteiger partial charge in [-0.2, -0.15) is 0 Å². The van der Waals surface area contributed by atoms with Crippen LogP contribution in [0.4, 0.5) is 0 Å². The normalized spacial score (nSPS) is 29.4. The highest BCUT2D eigenvalue weighted by atomic mass is 16.6. The Bertz CT molecular complexity index is 354. The molecule has 1 fully saturated rings. The van der Waals surface area contributed by atoms with Crippen molar-refractivity contribution in [2.75, 3.05) is 6.61 Å². The first-order chi connectivity index (χ1) is 6.59. The number of hydrogen-bond donors (Lipinski definition) is 0. The summed E-state index contributed by atoms with van der Waals surface area (Å²) in [5, 5.41) is 0. The summed E-state index contributed by atoms with van der Waals surface area (Å²) in [6, 6.07) is 0. The lowest BCUT2D eigenvalue weighted by atomic mass is 9.98. The fraction of sp³-hybridized carbons (Fsp3) is 0.444. The number of fused-ring (bicyclic) bond motifs is 1. The molecule has 5 nitrogen and oxygen atoms in total. The third-order valence-corrected chi connectivity index (χ3v) is 2.09. The lowest BCUT2D eigenvalue weighted by Crippen LogP contribution is -2.26. The predicted molar refractivity (Wildman–Crippen MR) is 43.4 cm³/mol. The number of hydrogen-bond acceptors (Lipinski definition) is 5. The van der Waals surface area contributed by atoms with Crippen molar-refractivity contribution in [3.63, 3.8) is 0 Å². The first-order valence-corrected chi connectivity index (χ1v) is 4.17. The third-order valence-electron chi connectivity index (χ3n) is 2.09. The van der Waals surface area contributed by atoms with Gasteiger partial charge in [0.15, 0.2) is 23.8 Å². The highest BCUT2D eigenvalue weighted by molar-refractivity contribution is 6.16. The number of carbonyl (C=O) groups excluding carboxylic acids is 3. The summed E-state index contributed by atoms with van der Waals surface area (Å²) in [4.78, 5) is 33.0. The van der Waals surface area contributed by atoms with E-state index in [1.54, 1.807) is 0 Å². The van der Waals surface area contributed by atoms with Crippen LogP contribution in [0.3, 0.4) is 0 Å². The molecule has 14 heavy (non-hydrogen) atoms. The Labute approximate surface area is 79.7 Å². The van der Waals surface area contributed by atoms with E-state index in [9.17, 15) is 14.4 Å². The largest absolute Gasteiger partial charge is 0.461 e. The Morgan fingerprint density at radius 1 is 1.50 bits per heavy atom. The van der Waals surface area contributed by atoms with Crippen LogP contribution in [0, 0.1) is 0 Å². The summed E-state index contributed by atoms with van der Waals surface area (Å²) in [7, 11) is 0. The van der Waals surface area contributed by atoms with Crippen LogP contribution < -0.4 is 0 Å². The van der Waals surface area contributed by atoms with Gasteiger partial charge in [-0.15, -0.1) is 0 Å². The maximum absolute atomic E-state index is 11.4. The lowest BCUT2D eigenvalue weighted by Gasteiger charge is -2.07. The Morgan fingerprint density at radius 3 is 2.86 bits per heavy atom. The fourth-order valence-corrected chi connectivity index (χ4v) is 1.33. The van der Waals surface area contributed by atoms with E-state index >= 15 is 0 Å². The molecule has 0 saturated carbocycles. The van der Waals surface area contributed by atoms with Crippen LogP contribution in [-0.4, -0.2) is 36.4 Å². The van der Waals surface area contributed by atoms with Gasteiger partial charge in [0.2, 0.25) is 0 Å². The molecule has 0 bridgehead atoms. The number of carbonyl (C=O) groups is 3. The maximum atomic E-state index is 11.4. The van der Waals surface area contributed by atoms with Crippen LogP contribution in [0.25, 0.3) is 0 Å². The highest BCUT2D eigenvalue weighted by Gasteiger charge is 2.53. The molecule has 1 aliphatic carbocycles. The molecule has 74 valence electrons. The van der Waals surface area contributed by atoms with Gasteiger partial charge >= 0.3 is 5.97 Å². The molecule has 1 saturated heterocycles. The standard InChI is InChI=1S/C9H8O5/c1-4(10)13-3-5-2-6(11)8-9(14-8)7(5)12/h2,8-9H,3H2,1H3/t8-,9+/m1/s1. The second kappa shape index (κ2) is 3.02. The molecule has 1 heterocycles. The van der Waals surface area contributed by atoms with E-state index in [4.69, 9.17) is 4.74 Å². The average molecular weight is 196 g/mol. The Hall–Kier alpha value is -1.49. The van der Waals surface area contributed by atoms with Crippen LogP contribution in [0.2, 0.25) is 0 Å². The molecule has 0 amide bonds. The first-order valence-electron chi connectivity index (χ1n) is 4.17. The topological polar surface area (TPSA) is 73.0 Å². The Kier molecular flexibility index (Phi) is 1.96. The summed E-state index contributed by atoms with van der Waals surface area (Å²) < 4.78 is 9.48. The van der Waals surface area contributed by atoms with Crippen LogP contribution in [0.1, 0.15) is 6.92 Å². The zero-order valence-corrected chi connectivity index (χ0v) is 7.48. The van der Waals surface area contributed by atoms with Gasteiger partial charge in [-0.05, 0) is 6.08 Å². The van der Waals surface area contributed by atoms with E-state index in [0.717, 1.165) is 0 Å². The summed E-state index contributed by atoms with van der Waals surface area (Å²) in [6.45, 7) is 1.10. The molecule has 2 atom stereocenters. The number of esters is 1. The third kappa shape index (κ3) is 1.46. The van der Waals surface area contributed by atoms with Crippen molar-refractivity contribution in [3.8, 4) is 0 Å². The van der Waals surface area contributed by atoms with Crippen molar-refractivity contribution in [1.29, 1.82) is 0 Å². The van der Waals surface area contributed by atoms with E-state index in [0.29, 0.717) is 0 Å². The van der Waals surface area contributed by atoms with Crippen LogP contribution in [-0.2, 0) is 23.9 Å². The monoisotopic (exact) mass is 196 g/mol. The molecular formula is C9H8O5. The van der Waals surface area contributed by atoms with Gasteiger partial charge in [0.1, 0.15) is 6.61 Å². The second-order valence-electron chi connectivity index (χ2n) is 3.19. The molecular weight excluding hydrogens is 188 g/mol. The quantitative estimate of drug-likeness (QED) is 0.435. The van der Waals surface area contributed by atoms with Crippen molar-refractivity contribution in [3.05, 3.63) is 11.6 Å². The van der Waals surface area contributed by atoms with Crippen LogP contribution in [0.5, 0.6) is 0 Å². The van der Waals surface area contributed by atoms with Gasteiger partial charge in [-0.25, -0.2) is 0 Å². The second-order valence-corrected chi connectivity index (χ2v) is 3.19. The summed E-state index contributed by atoms with van der Waals surface area (Å²) in [5.41, 5.74) is 0.212. The molecule has 2 aliphatic rings. The molecule has 5 heteroatoms. The fourth-order valence-electron chi connectivity index (χ4n) is 1.33. The van der Waals surface area contributed by atoms with Crippen LogP contribution in [0.15, 0.2) is 11.6 Å². The van der Waals surface area contributed by atoms with E-state index in [2.05, 4.69) is 4.74 Å². The zero-order chi connectivity index (χ0) is 10.3. The molecule has 1 aliphatic heterocycles. The molecule has 0 aromatic heterocycles. The number of ketones is 2. The molecule has 0 aromatic carbocycles. The Balaban J connectivity index is 2.06. The van der Waals surface area contributed by atoms with E-state index in [-0.39, 0.29) is 23.7 Å². The molecule has 0 N–H and O–H groups in total. The van der Waals surface area contributed by atoms with Gasteiger partial charge in [-0.3, -0.25) is 14.4 Å². The lowest BCUT2D eigenvalue weighted by molar-refractivity contribution is -0.140. The minimum Gasteiger partial charge on any atom is -0.461 e. The number of epoxide rings is 1. The molecule has 0 radical (unpaired) electrons. The summed E-state index contributed by atoms with van der Waals surface area (Å²) in [6.07, 6.45) is -0.0129. The van der Waals surface area contributed by atoms with Crippen molar-refractivity contribution in [2.45, 2.75) is 19.1 Å². The molecule has 0 aromatic rings. The first kappa shape index (κ1) is 9.08. The van der Waals surface area contributed by atoms with Crippen molar-refractivity contribution in [2.24, 2.45) is 0 Å². The zero-order valence-electron chi connectivity index (χ0n) is 7.48. The maximum Gasteiger partial charge on any atom is 0.302 e. The van der Waals surface area contributed by atoms with Crippen molar-refractivity contribution >= 4 is 17.5 Å². The summed E-state index contributed by atoms with van der Waals surface area (Å²) >= 11 is 0. The number of rotatable bonds is 2. The molecule has 0 unspecified atom stereocenters. The van der Waals surface area contributed by atoms with Gasteiger partial charge in [0.25, 0.3) is 0 Å². The average Bonchev–Trinajstić information content (AvgIpc) is 2.88. The van der Waals surface area contributed by atoms with Gasteiger partial charge in [-0.1, -0.05) is 0 Å². The van der Waals surface area contributed by atoms with E-state index in [1.807, 2.05) is 0 Å². The van der Waals surface area contributed by atoms with Gasteiger partial charge in [0.05, 0.1) is 0 Å². The number of ether oxygens (including phenoxy) is 2. The van der Waals surface area contributed by atoms with E-state index in [1.165, 1.54) is 13.0 Å². The predicted octanol–water partition coefficient (Wildman–Crippen LogP) is -0.605. The minimum atomic E-state index is -0.627. The van der Waals surface area contributed by atoms with Crippen molar-refractivity contribution in [1.82, 2.24) is 0 Å². The SMILES string of the molecule is CC(=O)OCC1=CC(=O)[C@H]2O[C@H]2C1=O. The van der Waals surface area contributed by atoms with Crippen LogP contribution >= 0.6 is 0 Å². The van der Waals surface area contributed by atoms with E-state index < -0.39 is 18.2 Å². The minimum absolute atomic E-state index is 0.146. The van der Waals surface area contributed by atoms with Gasteiger partial charge < -0.3 is 9.47 Å². The smallest absolute Gasteiger partial charge is 0.302 e. The molecule has 0 spiro atoms. The number of Topliss-reactive ketones (excluding diaryl/α,β-unsaturated/α-hetero) is 1. The van der Waals surface area contributed by atoms with Gasteiger partial charge in [0, 0.05) is 12.5 Å². The summed E-state index contributed by atoms with van der Waals surface area (Å²) in [5.74, 6) is -0.961. The van der Waals surface area contributed by atoms with Crippen molar-refractivity contribution < 1.29 is 23.9 Å².